The molecule has 1 aliphatic carbocycles. The fourth-order valence-corrected chi connectivity index (χ4v) is 5.10. The van der Waals surface area contributed by atoms with Gasteiger partial charge in [0.2, 0.25) is 5.91 Å². The molecule has 1 aliphatic heterocycles. The number of unbranched alkanes of at least 4 members (excludes halogenated alkanes) is 1. The van der Waals surface area contributed by atoms with Crippen LogP contribution < -0.4 is 19.7 Å². The molecule has 188 valence electrons. The van der Waals surface area contributed by atoms with E-state index < -0.39 is 6.10 Å². The van der Waals surface area contributed by atoms with Crippen LogP contribution in [0.2, 0.25) is 0 Å². The number of benzene rings is 2. The Bertz CT molecular complexity index is 985. The van der Waals surface area contributed by atoms with E-state index in [1.54, 1.807) is 11.8 Å². The van der Waals surface area contributed by atoms with E-state index in [4.69, 9.17) is 9.47 Å². The maximum absolute atomic E-state index is 13.0. The van der Waals surface area contributed by atoms with Crippen LogP contribution in [0.4, 0.5) is 11.4 Å². The van der Waals surface area contributed by atoms with Gasteiger partial charge >= 0.3 is 0 Å². The molecular formula is C29H38N2O4. The molecule has 1 heterocycles. The standard InChI is InChI=1S/C29H38N2O4/c1-3-4-9-22-12-14-23(15-13-22)28(32)30-24-16-17-27-26(20-24)31(29(33)21(2)35-27)18-8-19-34-25-10-6-5-7-11-25/h5-7,10-11,16-17,20-23H,3-4,8-9,12-15,18-19H2,1-2H3,(H,30,32). The topological polar surface area (TPSA) is 67.9 Å². The van der Waals surface area contributed by atoms with Gasteiger partial charge in [0, 0.05) is 18.2 Å². The van der Waals surface area contributed by atoms with Gasteiger partial charge in [-0.3, -0.25) is 9.59 Å². The average molecular weight is 479 g/mol. The van der Waals surface area contributed by atoms with Gasteiger partial charge in [0.25, 0.3) is 5.91 Å². The quantitative estimate of drug-likeness (QED) is 0.413. The summed E-state index contributed by atoms with van der Waals surface area (Å²) in [6.45, 7) is 5.03. The summed E-state index contributed by atoms with van der Waals surface area (Å²) in [5, 5.41) is 3.10. The molecule has 0 saturated heterocycles. The third-order valence-electron chi connectivity index (χ3n) is 7.16. The van der Waals surface area contributed by atoms with E-state index in [1.807, 2.05) is 48.5 Å². The maximum Gasteiger partial charge on any atom is 0.267 e. The van der Waals surface area contributed by atoms with Gasteiger partial charge in [-0.2, -0.15) is 0 Å². The minimum Gasteiger partial charge on any atom is -0.494 e. The fraction of sp³-hybridized carbons (Fsp3) is 0.517. The highest BCUT2D eigenvalue weighted by Gasteiger charge is 2.32. The minimum absolute atomic E-state index is 0.0630. The van der Waals surface area contributed by atoms with Gasteiger partial charge in [0.05, 0.1) is 12.3 Å². The molecule has 1 saturated carbocycles. The highest BCUT2D eigenvalue weighted by atomic mass is 16.5. The number of nitrogens with zero attached hydrogens (tertiary/aromatic N) is 1. The smallest absolute Gasteiger partial charge is 0.267 e. The van der Waals surface area contributed by atoms with Crippen LogP contribution in [0, 0.1) is 11.8 Å². The van der Waals surface area contributed by atoms with Crippen molar-refractivity contribution in [3.05, 3.63) is 48.5 Å². The number of carbonyl (C=O) groups is 2. The largest absolute Gasteiger partial charge is 0.494 e. The number of fused-ring (bicyclic) bond motifs is 1. The van der Waals surface area contributed by atoms with Gasteiger partial charge in [0.1, 0.15) is 11.5 Å². The van der Waals surface area contributed by atoms with Crippen molar-refractivity contribution in [2.75, 3.05) is 23.4 Å². The van der Waals surface area contributed by atoms with E-state index in [0.29, 0.717) is 36.7 Å². The second kappa shape index (κ2) is 12.1. The maximum atomic E-state index is 13.0. The molecular weight excluding hydrogens is 440 g/mol. The predicted octanol–water partition coefficient (Wildman–Crippen LogP) is 6.20. The lowest BCUT2D eigenvalue weighted by molar-refractivity contribution is -0.125. The predicted molar refractivity (Wildman–Crippen MR) is 139 cm³/mol. The monoisotopic (exact) mass is 478 g/mol. The Hall–Kier alpha value is -3.02. The van der Waals surface area contributed by atoms with Crippen LogP contribution in [0.5, 0.6) is 11.5 Å². The van der Waals surface area contributed by atoms with Crippen molar-refractivity contribution in [3.8, 4) is 11.5 Å². The van der Waals surface area contributed by atoms with Crippen LogP contribution in [0.3, 0.4) is 0 Å². The van der Waals surface area contributed by atoms with Crippen molar-refractivity contribution >= 4 is 23.2 Å². The molecule has 4 rings (SSSR count). The van der Waals surface area contributed by atoms with Crippen LogP contribution in [0.1, 0.15) is 65.2 Å². The van der Waals surface area contributed by atoms with Crippen molar-refractivity contribution in [1.29, 1.82) is 0 Å². The van der Waals surface area contributed by atoms with Crippen LogP contribution in [0.15, 0.2) is 48.5 Å². The second-order valence-corrected chi connectivity index (χ2v) is 9.80. The molecule has 0 aromatic heterocycles. The zero-order valence-corrected chi connectivity index (χ0v) is 21.0. The second-order valence-electron chi connectivity index (χ2n) is 9.80. The number of rotatable bonds is 10. The van der Waals surface area contributed by atoms with Gasteiger partial charge in [0.15, 0.2) is 6.10 Å². The number of anilines is 2. The van der Waals surface area contributed by atoms with E-state index in [0.717, 1.165) is 37.4 Å². The molecule has 2 aromatic carbocycles. The Morgan fingerprint density at radius 1 is 1.09 bits per heavy atom. The first-order valence-electron chi connectivity index (χ1n) is 13.2. The first kappa shape index (κ1) is 25.1. The molecule has 1 unspecified atom stereocenters. The Morgan fingerprint density at radius 3 is 2.60 bits per heavy atom. The normalized spacial score (nSPS) is 21.7. The molecule has 6 heteroatoms. The van der Waals surface area contributed by atoms with E-state index in [-0.39, 0.29) is 17.7 Å². The highest BCUT2D eigenvalue weighted by molar-refractivity contribution is 6.01. The van der Waals surface area contributed by atoms with Crippen LogP contribution in [0.25, 0.3) is 0 Å². The molecule has 2 aliphatic rings. The molecule has 2 aromatic rings. The number of carbonyl (C=O) groups excluding carboxylic acids is 2. The van der Waals surface area contributed by atoms with E-state index in [1.165, 1.54) is 19.3 Å². The fourth-order valence-electron chi connectivity index (χ4n) is 5.10. The first-order chi connectivity index (χ1) is 17.0. The highest BCUT2D eigenvalue weighted by Crippen LogP contribution is 2.37. The number of hydrogen-bond donors (Lipinski definition) is 1. The Labute approximate surface area is 209 Å². The molecule has 0 radical (unpaired) electrons. The van der Waals surface area contributed by atoms with Gasteiger partial charge in [-0.25, -0.2) is 0 Å². The van der Waals surface area contributed by atoms with Crippen LogP contribution >= 0.6 is 0 Å². The van der Waals surface area contributed by atoms with Gasteiger partial charge in [-0.1, -0.05) is 44.4 Å². The molecule has 1 atom stereocenters. The number of para-hydroxylation sites is 1. The summed E-state index contributed by atoms with van der Waals surface area (Å²) in [6, 6.07) is 15.2. The van der Waals surface area contributed by atoms with Gasteiger partial charge in [-0.15, -0.1) is 0 Å². The Kier molecular flexibility index (Phi) is 8.67. The SMILES string of the molecule is CCCCC1CCC(C(=O)Nc2ccc3c(c2)N(CCCOc2ccccc2)C(=O)C(C)O3)CC1. The molecule has 35 heavy (non-hydrogen) atoms. The summed E-state index contributed by atoms with van der Waals surface area (Å²) in [7, 11) is 0. The van der Waals surface area contributed by atoms with Crippen molar-refractivity contribution in [3.63, 3.8) is 0 Å². The average Bonchev–Trinajstić information content (AvgIpc) is 2.88. The zero-order chi connectivity index (χ0) is 24.6. The molecule has 2 amide bonds. The number of amides is 2. The molecule has 0 bridgehead atoms. The van der Waals surface area contributed by atoms with Crippen molar-refractivity contribution in [1.82, 2.24) is 0 Å². The van der Waals surface area contributed by atoms with Gasteiger partial charge in [-0.05, 0) is 75.3 Å². The molecule has 1 fully saturated rings. The lowest BCUT2D eigenvalue weighted by Crippen LogP contribution is -2.45. The van der Waals surface area contributed by atoms with E-state index in [9.17, 15) is 9.59 Å². The summed E-state index contributed by atoms with van der Waals surface area (Å²) in [5.41, 5.74) is 1.41. The van der Waals surface area contributed by atoms with E-state index in [2.05, 4.69) is 12.2 Å². The lowest BCUT2D eigenvalue weighted by Gasteiger charge is -2.33. The third kappa shape index (κ3) is 6.56. The Morgan fingerprint density at radius 2 is 1.86 bits per heavy atom. The molecule has 0 spiro atoms. The summed E-state index contributed by atoms with van der Waals surface area (Å²) in [5.74, 6) is 2.32. The molecule has 1 N–H and O–H groups in total. The van der Waals surface area contributed by atoms with E-state index >= 15 is 0 Å². The number of nitrogens with one attached hydrogen (secondary N) is 1. The lowest BCUT2D eigenvalue weighted by atomic mass is 9.79. The number of ether oxygens (including phenoxy) is 2. The first-order valence-corrected chi connectivity index (χ1v) is 13.2. The van der Waals surface area contributed by atoms with Crippen molar-refractivity contribution in [2.45, 2.75) is 71.3 Å². The minimum atomic E-state index is -0.541. The van der Waals surface area contributed by atoms with Crippen LogP contribution in [-0.4, -0.2) is 31.1 Å². The van der Waals surface area contributed by atoms with Crippen molar-refractivity contribution in [2.24, 2.45) is 11.8 Å². The summed E-state index contributed by atoms with van der Waals surface area (Å²) < 4.78 is 11.6. The third-order valence-corrected chi connectivity index (χ3v) is 7.16. The summed E-state index contributed by atoms with van der Waals surface area (Å²) in [6.07, 6.45) is 8.14. The number of hydrogen-bond acceptors (Lipinski definition) is 4. The molecule has 6 nitrogen and oxygen atoms in total. The summed E-state index contributed by atoms with van der Waals surface area (Å²) >= 11 is 0. The Balaban J connectivity index is 1.36. The zero-order valence-electron chi connectivity index (χ0n) is 21.0. The van der Waals surface area contributed by atoms with Gasteiger partial charge < -0.3 is 19.7 Å². The van der Waals surface area contributed by atoms with Crippen molar-refractivity contribution < 1.29 is 19.1 Å². The summed E-state index contributed by atoms with van der Waals surface area (Å²) in [4.78, 5) is 27.6. The van der Waals surface area contributed by atoms with Crippen LogP contribution in [-0.2, 0) is 9.59 Å².